The maximum atomic E-state index is 14.3. The second-order valence-electron chi connectivity index (χ2n) is 10.1. The summed E-state index contributed by atoms with van der Waals surface area (Å²) < 4.78 is 80.1. The zero-order valence-corrected chi connectivity index (χ0v) is 23.7. The van der Waals surface area contributed by atoms with E-state index in [1.807, 2.05) is 0 Å². The number of nitrogens with one attached hydrogen (secondary N) is 2. The van der Waals surface area contributed by atoms with Gasteiger partial charge in [-0.15, -0.1) is 0 Å². The number of piperidine rings is 1. The first kappa shape index (κ1) is 29.8. The van der Waals surface area contributed by atoms with Crippen LogP contribution in [0.1, 0.15) is 31.7 Å². The molecule has 0 bridgehead atoms. The molecule has 2 fully saturated rings. The van der Waals surface area contributed by atoms with Crippen LogP contribution < -0.4 is 14.8 Å². The van der Waals surface area contributed by atoms with Crippen molar-refractivity contribution in [3.8, 4) is 5.75 Å². The molecule has 4 rings (SSSR count). The minimum absolute atomic E-state index is 0.0226. The van der Waals surface area contributed by atoms with Gasteiger partial charge in [0.2, 0.25) is 20.0 Å². The molecule has 0 aliphatic carbocycles. The zero-order chi connectivity index (χ0) is 28.3. The number of rotatable bonds is 11. The topological polar surface area (TPSA) is 134 Å². The van der Waals surface area contributed by atoms with Crippen LogP contribution >= 0.6 is 0 Å². The fourth-order valence-electron chi connectivity index (χ4n) is 4.96. The van der Waals surface area contributed by atoms with Crippen LogP contribution in [-0.2, 0) is 24.8 Å². The molecule has 10 nitrogen and oxygen atoms in total. The normalized spacial score (nSPS) is 20.8. The molecular formula is C26H36FN3O7S2. The molecule has 0 radical (unpaired) electrons. The SMILES string of the molecule is CCNS(=O)(=O)c1cccc(OCC(O)CNC2COC3(CCN(S(=O)(=O)c4cc(C)ccc4F)CC3)C2)c1. The number of aryl methyl sites for hydroxylation is 1. The quantitative estimate of drug-likeness (QED) is 0.363. The largest absolute Gasteiger partial charge is 0.491 e. The summed E-state index contributed by atoms with van der Waals surface area (Å²) in [5.74, 6) is -0.417. The first-order chi connectivity index (χ1) is 18.4. The Morgan fingerprint density at radius 2 is 1.92 bits per heavy atom. The lowest BCUT2D eigenvalue weighted by Crippen LogP contribution is -2.47. The number of aliphatic hydroxyl groups is 1. The predicted octanol–water partition coefficient (Wildman–Crippen LogP) is 1.77. The van der Waals surface area contributed by atoms with Crippen molar-refractivity contribution in [2.24, 2.45) is 0 Å². The van der Waals surface area contributed by atoms with Crippen LogP contribution in [0.2, 0.25) is 0 Å². The van der Waals surface area contributed by atoms with Gasteiger partial charge in [-0.2, -0.15) is 4.31 Å². The summed E-state index contributed by atoms with van der Waals surface area (Å²) in [5.41, 5.74) is 0.212. The standard InChI is InChI=1S/C26H36FN3O7S2/c1-3-29-38(32,33)23-6-4-5-22(14-23)36-18-21(31)16-28-20-15-26(37-17-20)9-11-30(12-10-26)39(34,35)25-13-19(2)7-8-24(25)27/h4-8,13-14,20-21,28-29,31H,3,9-12,15-18H2,1-2H3. The Kier molecular flexibility index (Phi) is 9.31. The van der Waals surface area contributed by atoms with E-state index in [1.165, 1.54) is 28.6 Å². The highest BCUT2D eigenvalue weighted by Gasteiger charge is 2.45. The molecule has 1 spiro atoms. The van der Waals surface area contributed by atoms with Crippen LogP contribution in [0, 0.1) is 12.7 Å². The lowest BCUT2D eigenvalue weighted by atomic mass is 9.88. The number of benzene rings is 2. The molecule has 2 aromatic rings. The highest BCUT2D eigenvalue weighted by Crippen LogP contribution is 2.37. The van der Waals surface area contributed by atoms with E-state index in [0.717, 1.165) is 0 Å². The summed E-state index contributed by atoms with van der Waals surface area (Å²) in [4.78, 5) is -0.210. The van der Waals surface area contributed by atoms with Crippen molar-refractivity contribution in [2.75, 3.05) is 39.4 Å². The minimum atomic E-state index is -3.94. The van der Waals surface area contributed by atoms with Crippen molar-refractivity contribution in [3.05, 3.63) is 53.8 Å². The van der Waals surface area contributed by atoms with E-state index >= 15 is 0 Å². The van der Waals surface area contributed by atoms with E-state index in [0.29, 0.717) is 37.2 Å². The number of hydrogen-bond donors (Lipinski definition) is 3. The number of ether oxygens (including phenoxy) is 2. The van der Waals surface area contributed by atoms with Crippen molar-refractivity contribution in [1.29, 1.82) is 0 Å². The van der Waals surface area contributed by atoms with E-state index in [9.17, 15) is 26.3 Å². The second kappa shape index (κ2) is 12.2. The van der Waals surface area contributed by atoms with Crippen LogP contribution in [0.4, 0.5) is 4.39 Å². The summed E-state index contributed by atoms with van der Waals surface area (Å²) in [7, 11) is -7.54. The van der Waals surface area contributed by atoms with E-state index in [-0.39, 0.29) is 48.6 Å². The first-order valence-electron chi connectivity index (χ1n) is 13.0. The molecule has 2 aliphatic rings. The van der Waals surface area contributed by atoms with E-state index in [1.54, 1.807) is 32.0 Å². The summed E-state index contributed by atoms with van der Waals surface area (Å²) in [6.45, 7) is 4.81. The van der Waals surface area contributed by atoms with Gasteiger partial charge < -0.3 is 19.9 Å². The minimum Gasteiger partial charge on any atom is -0.491 e. The highest BCUT2D eigenvalue weighted by molar-refractivity contribution is 7.89. The Bertz CT molecular complexity index is 1360. The average molecular weight is 586 g/mol. The monoisotopic (exact) mass is 585 g/mol. The smallest absolute Gasteiger partial charge is 0.245 e. The van der Waals surface area contributed by atoms with Crippen LogP contribution in [0.25, 0.3) is 0 Å². The van der Waals surface area contributed by atoms with Gasteiger partial charge in [0.1, 0.15) is 29.2 Å². The first-order valence-corrected chi connectivity index (χ1v) is 15.9. The molecule has 13 heteroatoms. The van der Waals surface area contributed by atoms with Crippen LogP contribution in [0.3, 0.4) is 0 Å². The number of aliphatic hydroxyl groups excluding tert-OH is 1. The second-order valence-corrected chi connectivity index (χ2v) is 13.8. The van der Waals surface area contributed by atoms with Gasteiger partial charge in [-0.25, -0.2) is 25.9 Å². The Morgan fingerprint density at radius 3 is 2.64 bits per heavy atom. The van der Waals surface area contributed by atoms with Gasteiger partial charge in [-0.05, 0) is 56.0 Å². The number of halogens is 1. The van der Waals surface area contributed by atoms with Crippen molar-refractivity contribution in [2.45, 2.75) is 60.6 Å². The molecule has 2 aliphatic heterocycles. The van der Waals surface area contributed by atoms with Crippen molar-refractivity contribution in [3.63, 3.8) is 0 Å². The molecule has 0 aromatic heterocycles. The highest BCUT2D eigenvalue weighted by atomic mass is 32.2. The molecule has 2 atom stereocenters. The van der Waals surface area contributed by atoms with Crippen molar-refractivity contribution in [1.82, 2.24) is 14.3 Å². The Morgan fingerprint density at radius 1 is 1.18 bits per heavy atom. The number of nitrogens with zero attached hydrogens (tertiary/aromatic N) is 1. The summed E-state index contributed by atoms with van der Waals surface area (Å²) in [6, 6.07) is 10.1. The third kappa shape index (κ3) is 7.15. The molecule has 2 unspecified atom stereocenters. The molecule has 2 heterocycles. The molecule has 3 N–H and O–H groups in total. The predicted molar refractivity (Wildman–Crippen MR) is 143 cm³/mol. The summed E-state index contributed by atoms with van der Waals surface area (Å²) in [5, 5.41) is 13.7. The molecule has 216 valence electrons. The Balaban J connectivity index is 1.24. The van der Waals surface area contributed by atoms with Gasteiger partial charge >= 0.3 is 0 Å². The van der Waals surface area contributed by atoms with Crippen LogP contribution in [0.15, 0.2) is 52.3 Å². The maximum Gasteiger partial charge on any atom is 0.245 e. The third-order valence-electron chi connectivity index (χ3n) is 7.08. The van der Waals surface area contributed by atoms with Gasteiger partial charge in [-0.3, -0.25) is 0 Å². The lowest BCUT2D eigenvalue weighted by Gasteiger charge is -2.38. The van der Waals surface area contributed by atoms with Crippen molar-refractivity contribution >= 4 is 20.0 Å². The van der Waals surface area contributed by atoms with E-state index in [2.05, 4.69) is 10.0 Å². The van der Waals surface area contributed by atoms with Crippen LogP contribution in [0.5, 0.6) is 5.75 Å². The molecule has 2 aromatic carbocycles. The van der Waals surface area contributed by atoms with Gasteiger partial charge in [0.25, 0.3) is 0 Å². The van der Waals surface area contributed by atoms with E-state index < -0.39 is 37.6 Å². The third-order valence-corrected chi connectivity index (χ3v) is 10.5. The molecular weight excluding hydrogens is 549 g/mol. The van der Waals surface area contributed by atoms with E-state index in [4.69, 9.17) is 9.47 Å². The molecule has 39 heavy (non-hydrogen) atoms. The maximum absolute atomic E-state index is 14.3. The summed E-state index contributed by atoms with van der Waals surface area (Å²) >= 11 is 0. The molecule has 0 saturated carbocycles. The number of sulfonamides is 2. The number of hydrogen-bond acceptors (Lipinski definition) is 8. The van der Waals surface area contributed by atoms with Gasteiger partial charge in [0.05, 0.1) is 17.1 Å². The fourth-order valence-corrected chi connectivity index (χ4v) is 7.63. The van der Waals surface area contributed by atoms with Gasteiger partial charge in [-0.1, -0.05) is 19.1 Å². The summed E-state index contributed by atoms with van der Waals surface area (Å²) in [6.07, 6.45) is 0.815. The fraction of sp³-hybridized carbons (Fsp3) is 0.538. The lowest BCUT2D eigenvalue weighted by molar-refractivity contribution is -0.0312. The van der Waals surface area contributed by atoms with Crippen molar-refractivity contribution < 1.29 is 35.8 Å². The van der Waals surface area contributed by atoms with Gasteiger partial charge in [0.15, 0.2) is 0 Å². The van der Waals surface area contributed by atoms with Gasteiger partial charge in [0, 0.05) is 38.3 Å². The average Bonchev–Trinajstić information content (AvgIpc) is 3.30. The Labute approximate surface area is 229 Å². The Hall–Kier alpha value is -2.13. The molecule has 0 amide bonds. The zero-order valence-electron chi connectivity index (χ0n) is 22.1. The molecule has 2 saturated heterocycles. The van der Waals surface area contributed by atoms with Crippen LogP contribution in [-0.4, -0.2) is 83.4 Å².